The molecule has 0 atom stereocenters. The molecule has 0 fully saturated rings. The molecule has 0 rings (SSSR count). The molecule has 0 aromatic heterocycles. The van der Waals surface area contributed by atoms with E-state index in [1.165, 1.54) is 0 Å². The summed E-state index contributed by atoms with van der Waals surface area (Å²) in [5.74, 6) is 0. The Morgan fingerprint density at radius 3 is 1.89 bits per heavy atom. The quantitative estimate of drug-likeness (QED) is 0.238. The van der Waals surface area contributed by atoms with Gasteiger partial charge in [-0.25, -0.2) is 0 Å². The first-order valence-electron chi connectivity index (χ1n) is 5.70. The Bertz CT molecular complexity index is 346. The first kappa shape index (κ1) is 19.1. The van der Waals surface area contributed by atoms with Crippen LogP contribution in [-0.4, -0.2) is 48.0 Å². The number of aliphatic hydroxyl groups is 1. The van der Waals surface area contributed by atoms with E-state index in [4.69, 9.17) is 19.6 Å². The smallest absolute Gasteiger partial charge is 0.367 e. The van der Waals surface area contributed by atoms with Gasteiger partial charge in [-0.1, -0.05) is 19.8 Å². The molecule has 0 unspecified atom stereocenters. The predicted molar refractivity (Wildman–Crippen MR) is 65.9 cm³/mol. The Balaban J connectivity index is 4.63. The number of nitrogens with zero attached hydrogens (tertiary/aromatic N) is 1. The van der Waals surface area contributed by atoms with Crippen molar-refractivity contribution in [1.29, 1.82) is 0 Å². The van der Waals surface area contributed by atoms with Crippen LogP contribution in [0, 0.1) is 0 Å². The van der Waals surface area contributed by atoms with E-state index < -0.39 is 33.2 Å². The lowest BCUT2D eigenvalue weighted by molar-refractivity contribution is 0.00552. The topological polar surface area (TPSA) is 139 Å². The van der Waals surface area contributed by atoms with E-state index >= 15 is 0 Å². The minimum atomic E-state index is -5.50. The molecule has 11 heteroatoms. The first-order valence-corrected chi connectivity index (χ1v) is 8.92. The zero-order valence-corrected chi connectivity index (χ0v) is 12.3. The average Bonchev–Trinajstić information content (AvgIpc) is 2.23. The van der Waals surface area contributed by atoms with Gasteiger partial charge in [0, 0.05) is 19.5 Å². The Labute approximate surface area is 110 Å². The summed E-state index contributed by atoms with van der Waals surface area (Å²) in [6.07, 6.45) is 1.03. The Morgan fingerprint density at radius 1 is 1.05 bits per heavy atom. The van der Waals surface area contributed by atoms with E-state index in [0.717, 1.165) is 12.8 Å². The van der Waals surface area contributed by atoms with Gasteiger partial charge in [0.05, 0.1) is 0 Å². The van der Waals surface area contributed by atoms with Crippen LogP contribution >= 0.6 is 15.2 Å². The fourth-order valence-electron chi connectivity index (χ4n) is 1.38. The standard InChI is InChI=1S/C8H20FNO7P2/c1-2-3-4-6-10(9)7-5-8(11,18(12,13)14)19(15,16)17/h11H,2-7H2,1H3,(H2,12,13,14)(H2,15,16,17). The van der Waals surface area contributed by atoms with Crippen molar-refractivity contribution in [3.63, 3.8) is 0 Å². The maximum Gasteiger partial charge on any atom is 0.369 e. The zero-order valence-electron chi connectivity index (χ0n) is 10.5. The average molecular weight is 323 g/mol. The maximum atomic E-state index is 13.2. The third-order valence-corrected chi connectivity index (χ3v) is 6.50. The van der Waals surface area contributed by atoms with E-state index in [9.17, 15) is 18.7 Å². The second-order valence-corrected chi connectivity index (χ2v) is 8.24. The monoisotopic (exact) mass is 323 g/mol. The summed E-state index contributed by atoms with van der Waals surface area (Å²) in [6, 6.07) is 0. The zero-order chi connectivity index (χ0) is 15.3. The molecule has 0 saturated carbocycles. The van der Waals surface area contributed by atoms with Gasteiger partial charge in [-0.15, -0.1) is 9.60 Å². The van der Waals surface area contributed by atoms with Crippen LogP contribution < -0.4 is 0 Å². The van der Waals surface area contributed by atoms with E-state index in [2.05, 4.69) is 0 Å². The highest BCUT2D eigenvalue weighted by molar-refractivity contribution is 7.72. The molecular weight excluding hydrogens is 303 g/mol. The van der Waals surface area contributed by atoms with Gasteiger partial charge in [-0.3, -0.25) is 9.13 Å². The Hall–Kier alpha value is 0.150. The van der Waals surface area contributed by atoms with Crippen molar-refractivity contribution in [3.05, 3.63) is 0 Å². The van der Waals surface area contributed by atoms with Crippen molar-refractivity contribution >= 4 is 15.2 Å². The lowest BCUT2D eigenvalue weighted by Gasteiger charge is -2.29. The minimum absolute atomic E-state index is 0.0355. The van der Waals surface area contributed by atoms with E-state index in [1.54, 1.807) is 0 Å². The number of halogens is 1. The third-order valence-electron chi connectivity index (χ3n) is 2.63. The van der Waals surface area contributed by atoms with Crippen LogP contribution in [0.3, 0.4) is 0 Å². The van der Waals surface area contributed by atoms with Crippen molar-refractivity contribution in [3.8, 4) is 0 Å². The highest BCUT2D eigenvalue weighted by Gasteiger charge is 2.59. The van der Waals surface area contributed by atoms with Gasteiger partial charge in [0.1, 0.15) is 0 Å². The molecule has 0 bridgehead atoms. The lowest BCUT2D eigenvalue weighted by atomic mass is 10.2. The lowest BCUT2D eigenvalue weighted by Crippen LogP contribution is -2.33. The van der Waals surface area contributed by atoms with E-state index in [0.29, 0.717) is 6.42 Å². The summed E-state index contributed by atoms with van der Waals surface area (Å²) < 4.78 is 35.2. The van der Waals surface area contributed by atoms with Crippen LogP contribution in [0.15, 0.2) is 0 Å². The highest BCUT2D eigenvalue weighted by Crippen LogP contribution is 2.68. The molecule has 0 aliphatic rings. The number of rotatable bonds is 9. The summed E-state index contributed by atoms with van der Waals surface area (Å²) in [4.78, 5) is 35.3. The van der Waals surface area contributed by atoms with Gasteiger partial charge >= 0.3 is 15.2 Å². The van der Waals surface area contributed by atoms with Gasteiger partial charge in [-0.2, -0.15) is 0 Å². The van der Waals surface area contributed by atoms with Crippen LogP contribution in [0.5, 0.6) is 0 Å². The van der Waals surface area contributed by atoms with E-state index in [1.807, 2.05) is 6.92 Å². The Kier molecular flexibility index (Phi) is 7.30. The number of unbranched alkanes of at least 4 members (excludes halogenated alkanes) is 2. The number of hydrogen-bond acceptors (Lipinski definition) is 4. The summed E-state index contributed by atoms with van der Waals surface area (Å²) >= 11 is 0. The van der Waals surface area contributed by atoms with Crippen LogP contribution in [0.2, 0.25) is 0 Å². The van der Waals surface area contributed by atoms with Crippen molar-refractivity contribution in [2.45, 2.75) is 37.7 Å². The third kappa shape index (κ3) is 5.57. The van der Waals surface area contributed by atoms with Crippen molar-refractivity contribution in [1.82, 2.24) is 5.12 Å². The van der Waals surface area contributed by atoms with Crippen LogP contribution in [0.25, 0.3) is 0 Å². The fourth-order valence-corrected chi connectivity index (χ4v) is 3.52. The molecule has 0 aliphatic carbocycles. The van der Waals surface area contributed by atoms with Gasteiger partial charge in [0.25, 0.3) is 5.08 Å². The summed E-state index contributed by atoms with van der Waals surface area (Å²) in [6.45, 7) is 1.19. The van der Waals surface area contributed by atoms with Crippen LogP contribution in [0.4, 0.5) is 4.48 Å². The SMILES string of the molecule is CCCCCN(F)CCC(O)(P(=O)(O)O)P(=O)(O)O. The molecule has 0 saturated heterocycles. The van der Waals surface area contributed by atoms with Gasteiger partial charge < -0.3 is 24.7 Å². The molecule has 5 N–H and O–H groups in total. The Morgan fingerprint density at radius 2 is 1.53 bits per heavy atom. The second-order valence-electron chi connectivity index (χ2n) is 4.23. The minimum Gasteiger partial charge on any atom is -0.367 e. The maximum absolute atomic E-state index is 13.2. The molecule has 19 heavy (non-hydrogen) atoms. The first-order chi connectivity index (χ1) is 8.45. The van der Waals surface area contributed by atoms with Crippen LogP contribution in [-0.2, 0) is 9.13 Å². The normalized spacial score (nSPS) is 14.1. The van der Waals surface area contributed by atoms with Crippen molar-refractivity contribution in [2.75, 3.05) is 13.1 Å². The van der Waals surface area contributed by atoms with Crippen molar-refractivity contribution < 1.29 is 38.3 Å². The molecule has 116 valence electrons. The molecule has 0 heterocycles. The predicted octanol–water partition coefficient (Wildman–Crippen LogP) is 0.755. The number of hydrogen-bond donors (Lipinski definition) is 5. The summed E-state index contributed by atoms with van der Waals surface area (Å²) in [7, 11) is -11.0. The van der Waals surface area contributed by atoms with Crippen molar-refractivity contribution in [2.24, 2.45) is 0 Å². The van der Waals surface area contributed by atoms with Crippen LogP contribution in [0.1, 0.15) is 32.6 Å². The molecule has 0 aromatic carbocycles. The molecule has 0 aromatic rings. The van der Waals surface area contributed by atoms with Gasteiger partial charge in [0.15, 0.2) is 0 Å². The largest absolute Gasteiger partial charge is 0.369 e. The van der Waals surface area contributed by atoms with E-state index in [-0.39, 0.29) is 11.7 Å². The fraction of sp³-hybridized carbons (Fsp3) is 1.00. The molecule has 0 aliphatic heterocycles. The second kappa shape index (κ2) is 7.24. The van der Waals surface area contributed by atoms with Gasteiger partial charge in [0.2, 0.25) is 0 Å². The molecule has 0 radical (unpaired) electrons. The molecular formula is C8H20FNO7P2. The van der Waals surface area contributed by atoms with Gasteiger partial charge in [-0.05, 0) is 6.42 Å². The summed E-state index contributed by atoms with van der Waals surface area (Å²) in [5, 5.41) is 6.11. The highest BCUT2D eigenvalue weighted by atomic mass is 31.2. The summed E-state index contributed by atoms with van der Waals surface area (Å²) in [5.41, 5.74) is 0. The molecule has 8 nitrogen and oxygen atoms in total. The molecule has 0 amide bonds. The molecule has 0 spiro atoms.